The van der Waals surface area contributed by atoms with Gasteiger partial charge in [0.15, 0.2) is 5.41 Å². The number of nitriles is 2. The van der Waals surface area contributed by atoms with Crippen LogP contribution in [-0.4, -0.2) is 24.3 Å². The molecule has 0 saturated heterocycles. The van der Waals surface area contributed by atoms with Crippen molar-refractivity contribution in [2.45, 2.75) is 58.3 Å². The third-order valence-electron chi connectivity index (χ3n) is 3.28. The second kappa shape index (κ2) is 11.3. The number of nitrogens with zero attached hydrogens (tertiary/aromatic N) is 2. The fourth-order valence-corrected chi connectivity index (χ4v) is 2.12. The summed E-state index contributed by atoms with van der Waals surface area (Å²) in [6, 6.07) is 4.15. The standard InChI is InChI=1S/C15H24N2O3/c1-2-20-14(19)15(13-17,10-6-7-11-16)9-5-3-4-8-12-18/h18H,2-10,12H2,1H3. The maximum atomic E-state index is 12.0. The Hall–Kier alpha value is -1.59. The quantitative estimate of drug-likeness (QED) is 0.464. The summed E-state index contributed by atoms with van der Waals surface area (Å²) in [6.45, 7) is 2.14. The smallest absolute Gasteiger partial charge is 0.326 e. The van der Waals surface area contributed by atoms with Crippen LogP contribution in [0.4, 0.5) is 0 Å². The predicted molar refractivity (Wildman–Crippen MR) is 74.3 cm³/mol. The minimum absolute atomic E-state index is 0.170. The molecule has 0 aromatic rings. The van der Waals surface area contributed by atoms with Crippen LogP contribution >= 0.6 is 0 Å². The second-order valence-electron chi connectivity index (χ2n) is 4.81. The first-order chi connectivity index (χ1) is 9.66. The Morgan fingerprint density at radius 2 is 1.80 bits per heavy atom. The van der Waals surface area contributed by atoms with Crippen LogP contribution in [0.2, 0.25) is 0 Å². The number of hydrogen-bond donors (Lipinski definition) is 1. The molecule has 0 aromatic carbocycles. The zero-order valence-electron chi connectivity index (χ0n) is 12.2. The average molecular weight is 280 g/mol. The van der Waals surface area contributed by atoms with E-state index < -0.39 is 11.4 Å². The SMILES string of the molecule is CCOC(=O)C(C#N)(CCCC#N)CCCCCCO. The first kappa shape index (κ1) is 18.4. The van der Waals surface area contributed by atoms with Crippen molar-refractivity contribution in [1.29, 1.82) is 10.5 Å². The number of rotatable bonds is 11. The lowest BCUT2D eigenvalue weighted by molar-refractivity contribution is -0.152. The summed E-state index contributed by atoms with van der Waals surface area (Å²) in [5, 5.41) is 26.7. The second-order valence-corrected chi connectivity index (χ2v) is 4.81. The van der Waals surface area contributed by atoms with Gasteiger partial charge in [0.05, 0.1) is 18.7 Å². The summed E-state index contributed by atoms with van der Waals surface area (Å²) in [5.74, 6) is -0.470. The van der Waals surface area contributed by atoms with Crippen LogP contribution in [0.5, 0.6) is 0 Å². The molecule has 0 heterocycles. The Bertz CT molecular complexity index is 357. The summed E-state index contributed by atoms with van der Waals surface area (Å²) in [6.07, 6.45) is 4.95. The van der Waals surface area contributed by atoms with Gasteiger partial charge in [-0.3, -0.25) is 4.79 Å². The molecule has 0 rings (SSSR count). The van der Waals surface area contributed by atoms with Gasteiger partial charge in [-0.25, -0.2) is 0 Å². The van der Waals surface area contributed by atoms with Crippen molar-refractivity contribution in [2.75, 3.05) is 13.2 Å². The van der Waals surface area contributed by atoms with Crippen LogP contribution in [-0.2, 0) is 9.53 Å². The predicted octanol–water partition coefficient (Wildman–Crippen LogP) is 2.70. The lowest BCUT2D eigenvalue weighted by atomic mass is 9.79. The Labute approximate surface area is 121 Å². The van der Waals surface area contributed by atoms with E-state index in [2.05, 4.69) is 6.07 Å². The summed E-state index contributed by atoms with van der Waals surface area (Å²) in [5.41, 5.74) is -1.12. The average Bonchev–Trinajstić information content (AvgIpc) is 2.45. The van der Waals surface area contributed by atoms with Gasteiger partial charge in [-0.05, 0) is 32.6 Å². The molecule has 0 radical (unpaired) electrons. The van der Waals surface area contributed by atoms with E-state index in [4.69, 9.17) is 15.1 Å². The van der Waals surface area contributed by atoms with Crippen molar-refractivity contribution in [3.05, 3.63) is 0 Å². The lowest BCUT2D eigenvalue weighted by Crippen LogP contribution is -2.31. The Morgan fingerprint density at radius 3 is 2.35 bits per heavy atom. The monoisotopic (exact) mass is 280 g/mol. The molecule has 0 aliphatic rings. The summed E-state index contributed by atoms with van der Waals surface area (Å²) >= 11 is 0. The number of aliphatic hydroxyl groups is 1. The first-order valence-electron chi connectivity index (χ1n) is 7.23. The van der Waals surface area contributed by atoms with Crippen molar-refractivity contribution >= 4 is 5.97 Å². The number of hydrogen-bond acceptors (Lipinski definition) is 5. The highest BCUT2D eigenvalue weighted by Crippen LogP contribution is 2.32. The molecule has 5 nitrogen and oxygen atoms in total. The van der Waals surface area contributed by atoms with E-state index in [1.165, 1.54) is 0 Å². The topological polar surface area (TPSA) is 94.1 Å². The van der Waals surface area contributed by atoms with E-state index in [9.17, 15) is 10.1 Å². The van der Waals surface area contributed by atoms with Gasteiger partial charge in [0.25, 0.3) is 0 Å². The summed E-state index contributed by atoms with van der Waals surface area (Å²) in [7, 11) is 0. The van der Waals surface area contributed by atoms with Gasteiger partial charge in [-0.1, -0.05) is 19.3 Å². The number of esters is 1. The fraction of sp³-hybridized carbons (Fsp3) is 0.800. The summed E-state index contributed by atoms with van der Waals surface area (Å²) in [4.78, 5) is 12.0. The Balaban J connectivity index is 4.54. The van der Waals surface area contributed by atoms with E-state index in [-0.39, 0.29) is 13.2 Å². The molecule has 0 aliphatic heterocycles. The highest BCUT2D eigenvalue weighted by atomic mass is 16.5. The van der Waals surface area contributed by atoms with Crippen LogP contribution in [0, 0.1) is 28.1 Å². The number of unbranched alkanes of at least 4 members (excludes halogenated alkanes) is 4. The molecule has 0 spiro atoms. The largest absolute Gasteiger partial charge is 0.465 e. The van der Waals surface area contributed by atoms with E-state index in [0.29, 0.717) is 25.7 Å². The van der Waals surface area contributed by atoms with Crippen molar-refractivity contribution < 1.29 is 14.6 Å². The molecular formula is C15H24N2O3. The van der Waals surface area contributed by atoms with Gasteiger partial charge < -0.3 is 9.84 Å². The molecular weight excluding hydrogens is 256 g/mol. The molecule has 1 N–H and O–H groups in total. The molecule has 0 bridgehead atoms. The molecule has 1 atom stereocenters. The molecule has 0 amide bonds. The molecule has 20 heavy (non-hydrogen) atoms. The van der Waals surface area contributed by atoms with Crippen LogP contribution in [0.3, 0.4) is 0 Å². The van der Waals surface area contributed by atoms with Crippen molar-refractivity contribution in [2.24, 2.45) is 5.41 Å². The van der Waals surface area contributed by atoms with Gasteiger partial charge in [0, 0.05) is 13.0 Å². The maximum Gasteiger partial charge on any atom is 0.326 e. The third-order valence-corrected chi connectivity index (χ3v) is 3.28. The van der Waals surface area contributed by atoms with Gasteiger partial charge in [-0.2, -0.15) is 10.5 Å². The van der Waals surface area contributed by atoms with Crippen LogP contribution < -0.4 is 0 Å². The molecule has 1 unspecified atom stereocenters. The van der Waals surface area contributed by atoms with Crippen LogP contribution in [0.1, 0.15) is 58.3 Å². The van der Waals surface area contributed by atoms with E-state index >= 15 is 0 Å². The summed E-state index contributed by atoms with van der Waals surface area (Å²) < 4.78 is 5.02. The highest BCUT2D eigenvalue weighted by Gasteiger charge is 2.39. The molecule has 5 heteroatoms. The molecule has 0 fully saturated rings. The van der Waals surface area contributed by atoms with E-state index in [1.54, 1.807) is 6.92 Å². The zero-order valence-corrected chi connectivity index (χ0v) is 12.2. The van der Waals surface area contributed by atoms with Crippen molar-refractivity contribution in [1.82, 2.24) is 0 Å². The number of ether oxygens (including phenoxy) is 1. The van der Waals surface area contributed by atoms with Gasteiger partial charge in [0.2, 0.25) is 0 Å². The Kier molecular flexibility index (Phi) is 10.4. The molecule has 0 aliphatic carbocycles. The van der Waals surface area contributed by atoms with Crippen molar-refractivity contribution in [3.8, 4) is 12.1 Å². The van der Waals surface area contributed by atoms with E-state index in [0.717, 1.165) is 25.7 Å². The third kappa shape index (κ3) is 6.54. The lowest BCUT2D eigenvalue weighted by Gasteiger charge is -2.24. The number of aliphatic hydroxyl groups excluding tert-OH is 1. The zero-order chi connectivity index (χ0) is 15.3. The van der Waals surface area contributed by atoms with Crippen LogP contribution in [0.25, 0.3) is 0 Å². The van der Waals surface area contributed by atoms with Crippen molar-refractivity contribution in [3.63, 3.8) is 0 Å². The van der Waals surface area contributed by atoms with Gasteiger partial charge in [-0.15, -0.1) is 0 Å². The molecule has 0 aromatic heterocycles. The Morgan fingerprint density at radius 1 is 1.15 bits per heavy atom. The van der Waals surface area contributed by atoms with Gasteiger partial charge in [0.1, 0.15) is 0 Å². The fourth-order valence-electron chi connectivity index (χ4n) is 2.12. The number of carbonyl (C=O) groups excluding carboxylic acids is 1. The van der Waals surface area contributed by atoms with E-state index in [1.807, 2.05) is 6.07 Å². The number of carbonyl (C=O) groups is 1. The first-order valence-corrected chi connectivity index (χ1v) is 7.23. The van der Waals surface area contributed by atoms with Crippen LogP contribution in [0.15, 0.2) is 0 Å². The molecule has 112 valence electrons. The minimum Gasteiger partial charge on any atom is -0.465 e. The highest BCUT2D eigenvalue weighted by molar-refractivity contribution is 5.80. The van der Waals surface area contributed by atoms with Gasteiger partial charge >= 0.3 is 5.97 Å². The maximum absolute atomic E-state index is 12.0. The molecule has 0 saturated carbocycles. The normalized spacial score (nSPS) is 13.0. The minimum atomic E-state index is -1.12.